The molecule has 0 spiro atoms. The summed E-state index contributed by atoms with van der Waals surface area (Å²) in [6.45, 7) is 1.58. The van der Waals surface area contributed by atoms with Crippen molar-refractivity contribution in [1.82, 2.24) is 20.6 Å². The Morgan fingerprint density at radius 1 is 1.23 bits per heavy atom. The molecule has 0 radical (unpaired) electrons. The molecule has 0 saturated carbocycles. The van der Waals surface area contributed by atoms with E-state index in [1.807, 2.05) is 25.2 Å². The lowest BCUT2D eigenvalue weighted by atomic mass is 10.2. The number of carbonyl (C=O) groups is 1. The highest BCUT2D eigenvalue weighted by Crippen LogP contribution is 2.07. The van der Waals surface area contributed by atoms with Crippen LogP contribution in [0.1, 0.15) is 25.1 Å². The molecule has 3 N–H and O–H groups in total. The second-order valence-electron chi connectivity index (χ2n) is 5.19. The van der Waals surface area contributed by atoms with E-state index in [0.29, 0.717) is 42.5 Å². The van der Waals surface area contributed by atoms with Crippen LogP contribution < -0.4 is 16.2 Å². The summed E-state index contributed by atoms with van der Waals surface area (Å²) in [7, 11) is 1.89. The number of nitrogens with zero attached hydrogens (tertiary/aromatic N) is 1. The van der Waals surface area contributed by atoms with Gasteiger partial charge in [0.1, 0.15) is 5.82 Å². The van der Waals surface area contributed by atoms with E-state index in [2.05, 4.69) is 20.6 Å². The Kier molecular flexibility index (Phi) is 6.09. The first-order chi connectivity index (χ1) is 10.7. The Balaban J connectivity index is 1.82. The minimum atomic E-state index is -0.128. The highest BCUT2D eigenvalue weighted by Gasteiger charge is 2.05. The van der Waals surface area contributed by atoms with Crippen LogP contribution in [0.15, 0.2) is 29.1 Å². The Bertz CT molecular complexity index is 681. The number of nitrogens with one attached hydrogen (secondary N) is 3. The summed E-state index contributed by atoms with van der Waals surface area (Å²) >= 11 is 0. The third-order valence-corrected chi connectivity index (χ3v) is 3.41. The van der Waals surface area contributed by atoms with E-state index in [4.69, 9.17) is 0 Å². The standard InChI is InChI=1S/C16H22N4O2/c1-17-10-5-11-18-15(21)9-4-8-14-19-13-7-3-2-6-12(13)16(22)20-14/h2-3,6-7,17H,4-5,8-11H2,1H3,(H,18,21)(H,19,20,22). The van der Waals surface area contributed by atoms with Crippen LogP contribution >= 0.6 is 0 Å². The Labute approximate surface area is 129 Å². The van der Waals surface area contributed by atoms with Gasteiger partial charge in [-0.2, -0.15) is 0 Å². The minimum absolute atomic E-state index is 0.0410. The minimum Gasteiger partial charge on any atom is -0.356 e. The van der Waals surface area contributed by atoms with Crippen molar-refractivity contribution in [2.75, 3.05) is 20.1 Å². The normalized spacial score (nSPS) is 10.8. The first-order valence-corrected chi connectivity index (χ1v) is 7.60. The largest absolute Gasteiger partial charge is 0.356 e. The maximum atomic E-state index is 11.9. The summed E-state index contributed by atoms with van der Waals surface area (Å²) in [5.74, 6) is 0.672. The van der Waals surface area contributed by atoms with Gasteiger partial charge in [0, 0.05) is 19.4 Å². The Morgan fingerprint density at radius 3 is 2.86 bits per heavy atom. The van der Waals surface area contributed by atoms with E-state index in [9.17, 15) is 9.59 Å². The van der Waals surface area contributed by atoms with Gasteiger partial charge in [0.15, 0.2) is 0 Å². The molecule has 1 amide bonds. The molecule has 0 atom stereocenters. The lowest BCUT2D eigenvalue weighted by molar-refractivity contribution is -0.121. The SMILES string of the molecule is CNCCCNC(=O)CCCc1nc2ccccc2c(=O)[nH]1. The molecule has 2 aromatic rings. The van der Waals surface area contributed by atoms with Gasteiger partial charge in [0.05, 0.1) is 10.9 Å². The summed E-state index contributed by atoms with van der Waals surface area (Å²) in [5.41, 5.74) is 0.565. The van der Waals surface area contributed by atoms with Gasteiger partial charge in [-0.1, -0.05) is 12.1 Å². The number of H-pyrrole nitrogens is 1. The number of hydrogen-bond donors (Lipinski definition) is 3. The van der Waals surface area contributed by atoms with Gasteiger partial charge in [0.2, 0.25) is 5.91 Å². The van der Waals surface area contributed by atoms with Gasteiger partial charge in [-0.3, -0.25) is 9.59 Å². The molecule has 1 aromatic heterocycles. The molecule has 0 bridgehead atoms. The summed E-state index contributed by atoms with van der Waals surface area (Å²) in [4.78, 5) is 30.8. The second kappa shape index (κ2) is 8.29. The number of aryl methyl sites for hydroxylation is 1. The van der Waals surface area contributed by atoms with E-state index < -0.39 is 0 Å². The summed E-state index contributed by atoms with van der Waals surface area (Å²) in [5, 5.41) is 6.50. The van der Waals surface area contributed by atoms with Crippen LogP contribution in [0.5, 0.6) is 0 Å². The van der Waals surface area contributed by atoms with Gasteiger partial charge in [-0.25, -0.2) is 4.98 Å². The van der Waals surface area contributed by atoms with Crippen molar-refractivity contribution >= 4 is 16.8 Å². The van der Waals surface area contributed by atoms with E-state index >= 15 is 0 Å². The number of aromatic amines is 1. The molecule has 0 saturated heterocycles. The Hall–Kier alpha value is -2.21. The van der Waals surface area contributed by atoms with Crippen LogP contribution in [-0.2, 0) is 11.2 Å². The maximum absolute atomic E-state index is 11.9. The molecule has 0 fully saturated rings. The van der Waals surface area contributed by atoms with E-state index in [0.717, 1.165) is 13.0 Å². The zero-order valence-corrected chi connectivity index (χ0v) is 12.8. The van der Waals surface area contributed by atoms with Crippen LogP contribution in [0.2, 0.25) is 0 Å². The van der Waals surface area contributed by atoms with Crippen LogP contribution in [0, 0.1) is 0 Å². The fraction of sp³-hybridized carbons (Fsp3) is 0.438. The number of para-hydroxylation sites is 1. The van der Waals surface area contributed by atoms with Crippen LogP contribution in [0.4, 0.5) is 0 Å². The average Bonchev–Trinajstić information content (AvgIpc) is 2.52. The molecule has 22 heavy (non-hydrogen) atoms. The van der Waals surface area contributed by atoms with Gasteiger partial charge >= 0.3 is 0 Å². The van der Waals surface area contributed by atoms with Crippen molar-refractivity contribution in [3.8, 4) is 0 Å². The summed E-state index contributed by atoms with van der Waals surface area (Å²) < 4.78 is 0. The van der Waals surface area contributed by atoms with Crippen molar-refractivity contribution < 1.29 is 4.79 Å². The highest BCUT2D eigenvalue weighted by molar-refractivity contribution is 5.77. The molecule has 6 heteroatoms. The number of aromatic nitrogens is 2. The first kappa shape index (κ1) is 16.2. The molecule has 118 valence electrons. The lowest BCUT2D eigenvalue weighted by Crippen LogP contribution is -2.26. The predicted molar refractivity (Wildman–Crippen MR) is 86.9 cm³/mol. The monoisotopic (exact) mass is 302 g/mol. The van der Waals surface area contributed by atoms with Gasteiger partial charge in [-0.05, 0) is 38.6 Å². The number of amides is 1. The summed E-state index contributed by atoms with van der Waals surface area (Å²) in [6.07, 6.45) is 2.61. The van der Waals surface area contributed by atoms with Crippen molar-refractivity contribution in [2.45, 2.75) is 25.7 Å². The molecule has 0 aliphatic rings. The van der Waals surface area contributed by atoms with Crippen molar-refractivity contribution in [3.05, 3.63) is 40.4 Å². The topological polar surface area (TPSA) is 86.9 Å². The highest BCUT2D eigenvalue weighted by atomic mass is 16.1. The third kappa shape index (κ3) is 4.66. The first-order valence-electron chi connectivity index (χ1n) is 7.60. The van der Waals surface area contributed by atoms with Gasteiger partial charge < -0.3 is 15.6 Å². The molecule has 6 nitrogen and oxygen atoms in total. The average molecular weight is 302 g/mol. The number of fused-ring (bicyclic) bond motifs is 1. The number of benzene rings is 1. The van der Waals surface area contributed by atoms with E-state index in [-0.39, 0.29) is 11.5 Å². The number of hydrogen-bond acceptors (Lipinski definition) is 4. The second-order valence-corrected chi connectivity index (χ2v) is 5.19. The number of carbonyl (C=O) groups excluding carboxylic acids is 1. The molecule has 0 aliphatic carbocycles. The predicted octanol–water partition coefficient (Wildman–Crippen LogP) is 0.971. The van der Waals surface area contributed by atoms with Crippen molar-refractivity contribution in [3.63, 3.8) is 0 Å². The molecule has 1 aromatic carbocycles. The van der Waals surface area contributed by atoms with Crippen LogP contribution in [0.3, 0.4) is 0 Å². The van der Waals surface area contributed by atoms with Gasteiger partial charge in [-0.15, -0.1) is 0 Å². The zero-order valence-electron chi connectivity index (χ0n) is 12.8. The van der Waals surface area contributed by atoms with E-state index in [1.54, 1.807) is 6.07 Å². The van der Waals surface area contributed by atoms with Gasteiger partial charge in [0.25, 0.3) is 5.56 Å². The molecular weight excluding hydrogens is 280 g/mol. The quantitative estimate of drug-likeness (QED) is 0.634. The van der Waals surface area contributed by atoms with Crippen molar-refractivity contribution in [1.29, 1.82) is 0 Å². The fourth-order valence-corrected chi connectivity index (χ4v) is 2.25. The summed E-state index contributed by atoms with van der Waals surface area (Å²) in [6, 6.07) is 7.25. The number of rotatable bonds is 8. The molecule has 0 unspecified atom stereocenters. The fourth-order valence-electron chi connectivity index (χ4n) is 2.25. The Morgan fingerprint density at radius 2 is 2.05 bits per heavy atom. The van der Waals surface area contributed by atoms with Crippen LogP contribution in [0.25, 0.3) is 10.9 Å². The third-order valence-electron chi connectivity index (χ3n) is 3.41. The molecule has 2 rings (SSSR count). The molecule has 1 heterocycles. The lowest BCUT2D eigenvalue weighted by Gasteiger charge is -2.05. The zero-order chi connectivity index (χ0) is 15.8. The molecular formula is C16H22N4O2. The van der Waals surface area contributed by atoms with Crippen molar-refractivity contribution in [2.24, 2.45) is 0 Å². The molecule has 0 aliphatic heterocycles. The van der Waals surface area contributed by atoms with E-state index in [1.165, 1.54) is 0 Å². The van der Waals surface area contributed by atoms with Crippen LogP contribution in [-0.4, -0.2) is 36.0 Å². The smallest absolute Gasteiger partial charge is 0.258 e. The maximum Gasteiger partial charge on any atom is 0.258 e.